The van der Waals surface area contributed by atoms with E-state index in [1.165, 1.54) is 0 Å². The van der Waals surface area contributed by atoms with Crippen molar-refractivity contribution in [2.45, 2.75) is 24.8 Å². The molecule has 3 heterocycles. The zero-order valence-electron chi connectivity index (χ0n) is 14.5. The van der Waals surface area contributed by atoms with Crippen LogP contribution in [0.4, 0.5) is 10.5 Å². The van der Waals surface area contributed by atoms with Gasteiger partial charge in [0.05, 0.1) is 5.92 Å². The van der Waals surface area contributed by atoms with E-state index in [-0.39, 0.29) is 30.1 Å². The minimum absolute atomic E-state index is 0.0633. The van der Waals surface area contributed by atoms with Gasteiger partial charge in [-0.1, -0.05) is 15.9 Å². The number of urea groups is 1. The lowest BCUT2D eigenvalue weighted by molar-refractivity contribution is -0.139. The Morgan fingerprint density at radius 2 is 1.78 bits per heavy atom. The molecule has 0 bridgehead atoms. The average Bonchev–Trinajstić information content (AvgIpc) is 3.16. The summed E-state index contributed by atoms with van der Waals surface area (Å²) in [6.07, 6.45) is 0.953. The molecule has 1 aromatic rings. The highest BCUT2D eigenvalue weighted by molar-refractivity contribution is 9.10. The largest absolute Gasteiger partial charge is 0.342 e. The van der Waals surface area contributed by atoms with E-state index in [0.29, 0.717) is 32.5 Å². The van der Waals surface area contributed by atoms with E-state index in [1.54, 1.807) is 9.80 Å². The zero-order valence-corrected chi connectivity index (χ0v) is 16.1. The van der Waals surface area contributed by atoms with E-state index in [1.807, 2.05) is 24.3 Å². The predicted molar refractivity (Wildman–Crippen MR) is 99.8 cm³/mol. The molecule has 3 aliphatic heterocycles. The number of carbonyl (C=O) groups excluding carboxylic acids is 4. The second kappa shape index (κ2) is 6.63. The first kappa shape index (κ1) is 18.0. The van der Waals surface area contributed by atoms with Crippen molar-refractivity contribution in [3.63, 3.8) is 0 Å². The number of imide groups is 1. The quantitative estimate of drug-likeness (QED) is 0.678. The molecule has 8 nitrogen and oxygen atoms in total. The molecule has 0 radical (unpaired) electrons. The highest BCUT2D eigenvalue weighted by atomic mass is 79.9. The number of nitrogens with zero attached hydrogens (tertiary/aromatic N) is 2. The molecule has 3 aliphatic rings. The third-order valence-electron chi connectivity index (χ3n) is 5.56. The van der Waals surface area contributed by atoms with Crippen LogP contribution in [-0.2, 0) is 14.4 Å². The number of amides is 5. The van der Waals surface area contributed by atoms with Crippen molar-refractivity contribution < 1.29 is 19.2 Å². The summed E-state index contributed by atoms with van der Waals surface area (Å²) in [5, 5.41) is 4.95. The van der Waals surface area contributed by atoms with Gasteiger partial charge in [-0.25, -0.2) is 4.79 Å². The number of anilines is 1. The molecule has 1 atom stereocenters. The fourth-order valence-corrected chi connectivity index (χ4v) is 4.26. The number of halogens is 1. The van der Waals surface area contributed by atoms with Gasteiger partial charge >= 0.3 is 6.03 Å². The molecule has 27 heavy (non-hydrogen) atoms. The van der Waals surface area contributed by atoms with Crippen LogP contribution < -0.4 is 15.5 Å². The van der Waals surface area contributed by atoms with Crippen molar-refractivity contribution in [3.8, 4) is 0 Å². The summed E-state index contributed by atoms with van der Waals surface area (Å²) in [6, 6.07) is 6.94. The smallest absolute Gasteiger partial charge is 0.322 e. The van der Waals surface area contributed by atoms with Crippen LogP contribution in [0, 0.1) is 5.92 Å². The minimum atomic E-state index is -0.900. The minimum Gasteiger partial charge on any atom is -0.342 e. The first-order valence-corrected chi connectivity index (χ1v) is 9.66. The van der Waals surface area contributed by atoms with E-state index >= 15 is 0 Å². The second-order valence-electron chi connectivity index (χ2n) is 7.20. The molecule has 3 saturated heterocycles. The number of hydrogen-bond donors (Lipinski definition) is 2. The summed E-state index contributed by atoms with van der Waals surface area (Å²) >= 11 is 3.37. The maximum Gasteiger partial charge on any atom is 0.322 e. The van der Waals surface area contributed by atoms with Gasteiger partial charge in [-0.15, -0.1) is 0 Å². The van der Waals surface area contributed by atoms with E-state index < -0.39 is 11.6 Å². The fourth-order valence-electron chi connectivity index (χ4n) is 3.99. The Morgan fingerprint density at radius 1 is 1.11 bits per heavy atom. The van der Waals surface area contributed by atoms with Gasteiger partial charge in [-0.3, -0.25) is 19.7 Å². The molecular weight excluding hydrogens is 416 g/mol. The van der Waals surface area contributed by atoms with Gasteiger partial charge in [0, 0.05) is 36.2 Å². The molecule has 4 rings (SSSR count). The van der Waals surface area contributed by atoms with Crippen LogP contribution in [0.2, 0.25) is 0 Å². The highest BCUT2D eigenvalue weighted by Gasteiger charge is 2.49. The summed E-state index contributed by atoms with van der Waals surface area (Å²) in [5.41, 5.74) is -0.121. The molecule has 0 aromatic heterocycles. The summed E-state index contributed by atoms with van der Waals surface area (Å²) in [4.78, 5) is 52.0. The average molecular weight is 435 g/mol. The Morgan fingerprint density at radius 3 is 2.37 bits per heavy atom. The third kappa shape index (κ3) is 3.20. The third-order valence-corrected chi connectivity index (χ3v) is 6.08. The first-order chi connectivity index (χ1) is 12.9. The van der Waals surface area contributed by atoms with Gasteiger partial charge in [0.1, 0.15) is 5.54 Å². The van der Waals surface area contributed by atoms with Crippen molar-refractivity contribution in [2.75, 3.05) is 24.5 Å². The number of likely N-dealkylation sites (tertiary alicyclic amines) is 1. The van der Waals surface area contributed by atoms with Crippen LogP contribution in [0.5, 0.6) is 0 Å². The van der Waals surface area contributed by atoms with Crippen LogP contribution in [-0.4, -0.2) is 53.8 Å². The number of nitrogens with one attached hydrogen (secondary N) is 2. The molecule has 5 amide bonds. The number of rotatable bonds is 2. The standard InChI is InChI=1S/C18H19BrN4O4/c19-12-1-3-13(4-2-12)23-10-11(9-14(23)24)15(25)22-7-5-18(6-8-22)16(26)20-17(27)21-18/h1-4,11H,5-10H2,(H2,20,21,26,27)/t11-/m0/s1. The van der Waals surface area contributed by atoms with Gasteiger partial charge in [-0.2, -0.15) is 0 Å². The number of hydrogen-bond acceptors (Lipinski definition) is 4. The Bertz CT molecular complexity index is 817. The molecule has 1 aromatic carbocycles. The zero-order chi connectivity index (χ0) is 19.2. The Labute approximate surface area is 164 Å². The van der Waals surface area contributed by atoms with E-state index in [9.17, 15) is 19.2 Å². The molecule has 0 unspecified atom stereocenters. The van der Waals surface area contributed by atoms with Crippen LogP contribution in [0.1, 0.15) is 19.3 Å². The van der Waals surface area contributed by atoms with Crippen LogP contribution >= 0.6 is 15.9 Å². The van der Waals surface area contributed by atoms with Gasteiger partial charge < -0.3 is 15.1 Å². The van der Waals surface area contributed by atoms with E-state index in [0.717, 1.165) is 10.2 Å². The van der Waals surface area contributed by atoms with Crippen LogP contribution in [0.15, 0.2) is 28.7 Å². The molecule has 1 spiro atoms. The first-order valence-electron chi connectivity index (χ1n) is 8.86. The molecule has 142 valence electrons. The van der Waals surface area contributed by atoms with Crippen molar-refractivity contribution >= 4 is 45.4 Å². The lowest BCUT2D eigenvalue weighted by Crippen LogP contribution is -2.56. The summed E-state index contributed by atoms with van der Waals surface area (Å²) in [6.45, 7) is 1.13. The molecule has 0 saturated carbocycles. The van der Waals surface area contributed by atoms with E-state index in [4.69, 9.17) is 0 Å². The number of carbonyl (C=O) groups is 4. The normalized spacial score (nSPS) is 24.3. The van der Waals surface area contributed by atoms with Crippen molar-refractivity contribution in [2.24, 2.45) is 5.92 Å². The Kier molecular flexibility index (Phi) is 4.41. The van der Waals surface area contributed by atoms with Gasteiger partial charge in [-0.05, 0) is 37.1 Å². The number of benzene rings is 1. The second-order valence-corrected chi connectivity index (χ2v) is 8.11. The summed E-state index contributed by atoms with van der Waals surface area (Å²) in [5.74, 6) is -0.839. The molecule has 0 aliphatic carbocycles. The van der Waals surface area contributed by atoms with Crippen molar-refractivity contribution in [1.29, 1.82) is 0 Å². The maximum absolute atomic E-state index is 12.9. The van der Waals surface area contributed by atoms with Gasteiger partial charge in [0.15, 0.2) is 0 Å². The predicted octanol–water partition coefficient (Wildman–Crippen LogP) is 1.00. The SMILES string of the molecule is O=C1NC(=O)C2(CCN(C(=O)[C@H]3CC(=O)N(c4ccc(Br)cc4)C3)CC2)N1. The summed E-state index contributed by atoms with van der Waals surface area (Å²) < 4.78 is 0.927. The van der Waals surface area contributed by atoms with E-state index in [2.05, 4.69) is 26.6 Å². The number of piperidine rings is 1. The van der Waals surface area contributed by atoms with Crippen LogP contribution in [0.25, 0.3) is 0 Å². The fraction of sp³-hybridized carbons (Fsp3) is 0.444. The monoisotopic (exact) mass is 434 g/mol. The lowest BCUT2D eigenvalue weighted by Gasteiger charge is -2.37. The van der Waals surface area contributed by atoms with Crippen molar-refractivity contribution in [1.82, 2.24) is 15.5 Å². The Hall–Kier alpha value is -2.42. The highest BCUT2D eigenvalue weighted by Crippen LogP contribution is 2.30. The maximum atomic E-state index is 12.9. The molecule has 9 heteroatoms. The van der Waals surface area contributed by atoms with Crippen LogP contribution in [0.3, 0.4) is 0 Å². The topological polar surface area (TPSA) is 98.8 Å². The Balaban J connectivity index is 1.39. The van der Waals surface area contributed by atoms with Crippen molar-refractivity contribution in [3.05, 3.63) is 28.7 Å². The van der Waals surface area contributed by atoms with Gasteiger partial charge in [0.25, 0.3) is 5.91 Å². The molecule has 3 fully saturated rings. The molecule has 2 N–H and O–H groups in total. The van der Waals surface area contributed by atoms with Gasteiger partial charge in [0.2, 0.25) is 11.8 Å². The lowest BCUT2D eigenvalue weighted by atomic mass is 9.87. The summed E-state index contributed by atoms with van der Waals surface area (Å²) in [7, 11) is 0. The molecular formula is C18H19BrN4O4.